The minimum atomic E-state index is -0.290. The minimum absolute atomic E-state index is 0.0560. The van der Waals surface area contributed by atoms with E-state index in [1.807, 2.05) is 12.1 Å². The Kier molecular flexibility index (Phi) is 7.78. The molecule has 1 N–H and O–H groups in total. The Labute approximate surface area is 185 Å². The molecule has 1 heterocycles. The second-order valence-corrected chi connectivity index (χ2v) is 7.89. The number of ketones is 1. The molecule has 0 radical (unpaired) electrons. The third-order valence-electron chi connectivity index (χ3n) is 4.88. The number of carbonyl (C=O) groups excluding carboxylic acids is 2. The van der Waals surface area contributed by atoms with Gasteiger partial charge in [0.15, 0.2) is 17.3 Å². The van der Waals surface area contributed by atoms with Crippen LogP contribution in [-0.2, 0) is 4.79 Å². The SMILES string of the molecule is CCC/C(=N\NC(=O)CCC(=O)c1ccc(OC)c(OC)c1)c1csc2ccccc12. The first kappa shape index (κ1) is 22.5. The molecule has 1 amide bonds. The van der Waals surface area contributed by atoms with E-state index in [0.29, 0.717) is 17.1 Å². The predicted octanol–water partition coefficient (Wildman–Crippen LogP) is 5.20. The Hall–Kier alpha value is -3.19. The second-order valence-electron chi connectivity index (χ2n) is 6.98. The van der Waals surface area contributed by atoms with Gasteiger partial charge in [-0.1, -0.05) is 31.5 Å². The van der Waals surface area contributed by atoms with E-state index in [1.165, 1.54) is 18.9 Å². The average molecular weight is 439 g/mol. The van der Waals surface area contributed by atoms with Gasteiger partial charge in [-0.15, -0.1) is 11.3 Å². The molecule has 2 aromatic carbocycles. The van der Waals surface area contributed by atoms with Crippen LogP contribution in [0.15, 0.2) is 52.9 Å². The monoisotopic (exact) mass is 438 g/mol. The summed E-state index contributed by atoms with van der Waals surface area (Å²) in [5.74, 6) is 0.602. The van der Waals surface area contributed by atoms with Crippen molar-refractivity contribution in [1.82, 2.24) is 5.43 Å². The molecule has 0 bridgehead atoms. The normalized spacial score (nSPS) is 11.4. The summed E-state index contributed by atoms with van der Waals surface area (Å²) in [7, 11) is 3.05. The third kappa shape index (κ3) is 5.49. The van der Waals surface area contributed by atoms with Crippen LogP contribution in [0.2, 0.25) is 0 Å². The summed E-state index contributed by atoms with van der Waals surface area (Å²) in [4.78, 5) is 24.8. The molecule has 1 aromatic heterocycles. The molecule has 7 heteroatoms. The van der Waals surface area contributed by atoms with Crippen LogP contribution in [-0.4, -0.2) is 31.6 Å². The van der Waals surface area contributed by atoms with Gasteiger partial charge in [0.25, 0.3) is 0 Å². The smallest absolute Gasteiger partial charge is 0.240 e. The number of carbonyl (C=O) groups is 2. The number of hydrogen-bond acceptors (Lipinski definition) is 6. The van der Waals surface area contributed by atoms with Crippen LogP contribution in [0.1, 0.15) is 48.5 Å². The maximum atomic E-state index is 12.5. The number of nitrogens with zero attached hydrogens (tertiary/aromatic N) is 1. The van der Waals surface area contributed by atoms with E-state index < -0.39 is 0 Å². The zero-order valence-electron chi connectivity index (χ0n) is 17.9. The van der Waals surface area contributed by atoms with E-state index >= 15 is 0 Å². The van der Waals surface area contributed by atoms with Crippen LogP contribution in [0.25, 0.3) is 10.1 Å². The van der Waals surface area contributed by atoms with Crippen molar-refractivity contribution >= 4 is 38.8 Å². The summed E-state index contributed by atoms with van der Waals surface area (Å²) < 4.78 is 11.6. The van der Waals surface area contributed by atoms with Crippen LogP contribution in [0, 0.1) is 0 Å². The van der Waals surface area contributed by atoms with Crippen LogP contribution < -0.4 is 14.9 Å². The lowest BCUT2D eigenvalue weighted by molar-refractivity contribution is -0.121. The van der Waals surface area contributed by atoms with Crippen LogP contribution >= 0.6 is 11.3 Å². The van der Waals surface area contributed by atoms with E-state index in [2.05, 4.69) is 35.0 Å². The summed E-state index contributed by atoms with van der Waals surface area (Å²) in [6, 6.07) is 13.1. The molecular formula is C24H26N2O4S. The number of hydrogen-bond donors (Lipinski definition) is 1. The summed E-state index contributed by atoms with van der Waals surface area (Å²) in [5.41, 5.74) is 4.99. The highest BCUT2D eigenvalue weighted by Gasteiger charge is 2.14. The van der Waals surface area contributed by atoms with Gasteiger partial charge in [0.2, 0.25) is 5.91 Å². The molecule has 0 saturated carbocycles. The highest BCUT2D eigenvalue weighted by atomic mass is 32.1. The quantitative estimate of drug-likeness (QED) is 0.268. The van der Waals surface area contributed by atoms with Crippen molar-refractivity contribution in [2.24, 2.45) is 5.10 Å². The van der Waals surface area contributed by atoms with Crippen LogP contribution in [0.4, 0.5) is 0 Å². The fraction of sp³-hybridized carbons (Fsp3) is 0.292. The number of nitrogens with one attached hydrogen (secondary N) is 1. The topological polar surface area (TPSA) is 77.0 Å². The van der Waals surface area contributed by atoms with E-state index in [-0.39, 0.29) is 24.5 Å². The van der Waals surface area contributed by atoms with Crippen molar-refractivity contribution in [3.8, 4) is 11.5 Å². The van der Waals surface area contributed by atoms with Crippen LogP contribution in [0.5, 0.6) is 11.5 Å². The molecule has 31 heavy (non-hydrogen) atoms. The second kappa shape index (κ2) is 10.7. The maximum Gasteiger partial charge on any atom is 0.240 e. The maximum absolute atomic E-state index is 12.5. The molecule has 0 spiro atoms. The van der Waals surface area contributed by atoms with Crippen LogP contribution in [0.3, 0.4) is 0 Å². The number of amides is 1. The minimum Gasteiger partial charge on any atom is -0.493 e. The zero-order valence-corrected chi connectivity index (χ0v) is 18.8. The molecule has 0 aliphatic heterocycles. The number of ether oxygens (including phenoxy) is 2. The number of Topliss-reactive ketones (excluding diaryl/α,β-unsaturated/α-hetero) is 1. The first-order valence-electron chi connectivity index (χ1n) is 10.1. The van der Waals surface area contributed by atoms with Gasteiger partial charge >= 0.3 is 0 Å². The highest BCUT2D eigenvalue weighted by molar-refractivity contribution is 7.17. The Morgan fingerprint density at radius 3 is 2.52 bits per heavy atom. The molecule has 0 aliphatic rings. The number of thiophene rings is 1. The Morgan fingerprint density at radius 2 is 1.77 bits per heavy atom. The van der Waals surface area contributed by atoms with Gasteiger partial charge in [-0.05, 0) is 30.7 Å². The summed E-state index contributed by atoms with van der Waals surface area (Å²) >= 11 is 1.66. The molecule has 0 saturated heterocycles. The van der Waals surface area contributed by atoms with E-state index in [4.69, 9.17) is 9.47 Å². The number of methoxy groups -OCH3 is 2. The van der Waals surface area contributed by atoms with Crippen molar-refractivity contribution in [2.75, 3.05) is 14.2 Å². The summed E-state index contributed by atoms with van der Waals surface area (Å²) in [6.45, 7) is 2.08. The lowest BCUT2D eigenvalue weighted by atomic mass is 10.1. The zero-order chi connectivity index (χ0) is 22.2. The fourth-order valence-corrected chi connectivity index (χ4v) is 4.23. The lowest BCUT2D eigenvalue weighted by Gasteiger charge is -2.09. The standard InChI is InChI=1S/C24H26N2O4S/c1-4-7-19(18-15-31-23-9-6-5-8-17(18)23)25-26-24(28)13-11-20(27)16-10-12-21(29-2)22(14-16)30-3/h5-6,8-10,12,14-15H,4,7,11,13H2,1-3H3,(H,26,28)/b25-19+. The van der Waals surface area contributed by atoms with E-state index in [0.717, 1.165) is 29.5 Å². The molecule has 0 unspecified atom stereocenters. The molecule has 0 aliphatic carbocycles. The van der Waals surface area contributed by atoms with Crippen molar-refractivity contribution in [3.63, 3.8) is 0 Å². The summed E-state index contributed by atoms with van der Waals surface area (Å²) in [5, 5.41) is 7.59. The van der Waals surface area contributed by atoms with Crippen molar-refractivity contribution < 1.29 is 19.1 Å². The van der Waals surface area contributed by atoms with E-state index in [1.54, 1.807) is 29.5 Å². The van der Waals surface area contributed by atoms with Gasteiger partial charge in [0.05, 0.1) is 19.9 Å². The number of benzene rings is 2. The van der Waals surface area contributed by atoms with E-state index in [9.17, 15) is 9.59 Å². The molecule has 0 fully saturated rings. The van der Waals surface area contributed by atoms with Gasteiger partial charge in [-0.25, -0.2) is 5.43 Å². The molecule has 6 nitrogen and oxygen atoms in total. The number of hydrazone groups is 1. The molecular weight excluding hydrogens is 412 g/mol. The predicted molar refractivity (Wildman–Crippen MR) is 125 cm³/mol. The number of rotatable bonds is 10. The average Bonchev–Trinajstić information content (AvgIpc) is 3.23. The fourth-order valence-electron chi connectivity index (χ4n) is 3.26. The van der Waals surface area contributed by atoms with Gasteiger partial charge in [0.1, 0.15) is 0 Å². The largest absolute Gasteiger partial charge is 0.493 e. The highest BCUT2D eigenvalue weighted by Crippen LogP contribution is 2.28. The third-order valence-corrected chi connectivity index (χ3v) is 5.84. The number of fused-ring (bicyclic) bond motifs is 1. The Balaban J connectivity index is 1.64. The molecule has 3 rings (SSSR count). The molecule has 3 aromatic rings. The van der Waals surface area contributed by atoms with Gasteiger partial charge in [-0.3, -0.25) is 9.59 Å². The van der Waals surface area contributed by atoms with Gasteiger partial charge in [-0.2, -0.15) is 5.10 Å². The summed E-state index contributed by atoms with van der Waals surface area (Å²) in [6.07, 6.45) is 1.81. The first-order chi connectivity index (χ1) is 15.1. The molecule has 0 atom stereocenters. The molecule has 162 valence electrons. The van der Waals surface area contributed by atoms with Crippen molar-refractivity contribution in [3.05, 3.63) is 59.0 Å². The van der Waals surface area contributed by atoms with Gasteiger partial charge < -0.3 is 9.47 Å². The van der Waals surface area contributed by atoms with Crippen molar-refractivity contribution in [1.29, 1.82) is 0 Å². The Morgan fingerprint density at radius 1 is 1.00 bits per heavy atom. The first-order valence-corrected chi connectivity index (χ1v) is 11.0. The van der Waals surface area contributed by atoms with Gasteiger partial charge in [0, 0.05) is 39.4 Å². The lowest BCUT2D eigenvalue weighted by Crippen LogP contribution is -2.20. The van der Waals surface area contributed by atoms with Crippen molar-refractivity contribution in [2.45, 2.75) is 32.6 Å². The Bertz CT molecular complexity index is 1100.